The maximum absolute atomic E-state index is 10.8. The zero-order valence-corrected chi connectivity index (χ0v) is 25.7. The van der Waals surface area contributed by atoms with E-state index in [1.165, 1.54) is 20.2 Å². The Kier molecular flexibility index (Phi) is 5.26. The van der Waals surface area contributed by atoms with Gasteiger partial charge < -0.3 is 9.13 Å². The molecule has 0 saturated carbocycles. The predicted octanol–water partition coefficient (Wildman–Crippen LogP) is 11.1. The first kappa shape index (κ1) is 25.9. The molecule has 0 aliphatic rings. The Bertz CT molecular complexity index is 3050. The van der Waals surface area contributed by atoms with Gasteiger partial charge in [-0.1, -0.05) is 97.1 Å². The molecule has 10 aromatic rings. The Balaban J connectivity index is 1.33. The fraction of sp³-hybridized carbons (Fsp3) is 0. The van der Waals surface area contributed by atoms with Gasteiger partial charge in [0.1, 0.15) is 12.1 Å². The van der Waals surface area contributed by atoms with E-state index >= 15 is 0 Å². The molecule has 0 atom stereocenters. The van der Waals surface area contributed by atoms with Gasteiger partial charge in [0, 0.05) is 37.0 Å². The van der Waals surface area contributed by atoms with E-state index in [4.69, 9.17) is 0 Å². The maximum atomic E-state index is 10.8. The van der Waals surface area contributed by atoms with Crippen LogP contribution in [-0.4, -0.2) is 9.13 Å². The molecule has 47 heavy (non-hydrogen) atoms. The number of hydrogen-bond acceptors (Lipinski definition) is 3. The average Bonchev–Trinajstić information content (AvgIpc) is 3.79. The summed E-state index contributed by atoms with van der Waals surface area (Å²) in [7, 11) is 0. The lowest BCUT2D eigenvalue weighted by Crippen LogP contribution is -2.04. The minimum Gasteiger partial charge on any atom is -0.308 e. The molecule has 0 spiro atoms. The first-order chi connectivity index (χ1) is 23.2. The molecular weight excluding hydrogens is 593 g/mol. The second-order valence-corrected chi connectivity index (χ2v) is 13.0. The summed E-state index contributed by atoms with van der Waals surface area (Å²) in [6.45, 7) is 0. The molecule has 0 saturated heterocycles. The molecule has 0 fully saturated rings. The molecule has 3 heterocycles. The molecule has 7 aromatic carbocycles. The molecule has 0 aliphatic heterocycles. The van der Waals surface area contributed by atoms with Gasteiger partial charge in [-0.25, -0.2) is 0 Å². The van der Waals surface area contributed by atoms with Crippen molar-refractivity contribution < 1.29 is 0 Å². The Morgan fingerprint density at radius 2 is 1.06 bits per heavy atom. The summed E-state index contributed by atoms with van der Waals surface area (Å²) in [5, 5.41) is 30.8. The topological polar surface area (TPSA) is 57.4 Å². The van der Waals surface area contributed by atoms with Crippen molar-refractivity contribution in [3.05, 3.63) is 145 Å². The predicted molar refractivity (Wildman–Crippen MR) is 195 cm³/mol. The van der Waals surface area contributed by atoms with Crippen LogP contribution in [0.15, 0.2) is 133 Å². The van der Waals surface area contributed by atoms with E-state index in [2.05, 4.69) is 130 Å². The third kappa shape index (κ3) is 3.44. The molecule has 5 heteroatoms. The van der Waals surface area contributed by atoms with Crippen molar-refractivity contribution in [2.75, 3.05) is 0 Å². The summed E-state index contributed by atoms with van der Waals surface area (Å²) in [6.07, 6.45) is 0. The highest BCUT2D eigenvalue weighted by molar-refractivity contribution is 7.26. The lowest BCUT2D eigenvalue weighted by molar-refractivity contribution is 1.13. The van der Waals surface area contributed by atoms with Crippen molar-refractivity contribution >= 4 is 85.9 Å². The summed E-state index contributed by atoms with van der Waals surface area (Å²) < 4.78 is 6.74. The SMILES string of the molecule is N#Cc1cc(-n2c3ccccc3c3ccc4c5ccccc5sc4c32)c(C#N)cc1-n1c2ccccc2c2c3ccccc3ccc21. The van der Waals surface area contributed by atoms with E-state index in [-0.39, 0.29) is 0 Å². The van der Waals surface area contributed by atoms with Crippen molar-refractivity contribution in [3.8, 4) is 23.5 Å². The van der Waals surface area contributed by atoms with Crippen LogP contribution in [0.3, 0.4) is 0 Å². The van der Waals surface area contributed by atoms with Crippen LogP contribution in [-0.2, 0) is 0 Å². The number of benzene rings is 7. The van der Waals surface area contributed by atoms with Crippen LogP contribution in [0.1, 0.15) is 11.1 Å². The van der Waals surface area contributed by atoms with E-state index in [0.29, 0.717) is 22.5 Å². The number of nitrogens with zero attached hydrogens (tertiary/aromatic N) is 4. The van der Waals surface area contributed by atoms with Crippen LogP contribution in [0.5, 0.6) is 0 Å². The monoisotopic (exact) mass is 614 g/mol. The summed E-state index contributed by atoms with van der Waals surface area (Å²) in [6, 6.07) is 51.1. The molecule has 10 rings (SSSR count). The lowest BCUT2D eigenvalue weighted by atomic mass is 10.0. The zero-order valence-electron chi connectivity index (χ0n) is 24.9. The molecule has 0 amide bonds. The highest BCUT2D eigenvalue weighted by atomic mass is 32.1. The molecular formula is C42H22N4S. The summed E-state index contributed by atoms with van der Waals surface area (Å²) in [5.74, 6) is 0. The van der Waals surface area contributed by atoms with Crippen LogP contribution < -0.4 is 0 Å². The number of fused-ring (bicyclic) bond motifs is 12. The molecule has 4 nitrogen and oxygen atoms in total. The first-order valence-corrected chi connectivity index (χ1v) is 16.3. The number of thiophene rings is 1. The van der Waals surface area contributed by atoms with Crippen LogP contribution in [0, 0.1) is 22.7 Å². The minimum atomic E-state index is 0.504. The fourth-order valence-electron chi connectivity index (χ4n) is 7.61. The van der Waals surface area contributed by atoms with E-state index in [1.54, 1.807) is 11.3 Å². The third-order valence-corrected chi connectivity index (χ3v) is 10.8. The number of para-hydroxylation sites is 2. The third-order valence-electron chi connectivity index (χ3n) is 9.58. The highest BCUT2D eigenvalue weighted by Gasteiger charge is 2.23. The van der Waals surface area contributed by atoms with Gasteiger partial charge >= 0.3 is 0 Å². The van der Waals surface area contributed by atoms with Crippen LogP contribution >= 0.6 is 11.3 Å². The van der Waals surface area contributed by atoms with Crippen LogP contribution in [0.25, 0.3) is 85.9 Å². The molecule has 0 bridgehead atoms. The molecule has 0 aliphatic carbocycles. The molecule has 0 radical (unpaired) electrons. The van der Waals surface area contributed by atoms with Gasteiger partial charge in [-0.15, -0.1) is 11.3 Å². The molecule has 0 N–H and O–H groups in total. The minimum absolute atomic E-state index is 0.504. The van der Waals surface area contributed by atoms with Crippen molar-refractivity contribution in [2.45, 2.75) is 0 Å². The maximum Gasteiger partial charge on any atom is 0.101 e. The van der Waals surface area contributed by atoms with Crippen molar-refractivity contribution in [3.63, 3.8) is 0 Å². The zero-order chi connectivity index (χ0) is 31.2. The summed E-state index contributed by atoms with van der Waals surface area (Å²) in [5.41, 5.74) is 6.47. The first-order valence-electron chi connectivity index (χ1n) is 15.5. The largest absolute Gasteiger partial charge is 0.308 e. The van der Waals surface area contributed by atoms with E-state index in [9.17, 15) is 10.5 Å². The van der Waals surface area contributed by atoms with E-state index in [0.717, 1.165) is 54.4 Å². The normalized spacial score (nSPS) is 11.8. The quantitative estimate of drug-likeness (QED) is 0.194. The fourth-order valence-corrected chi connectivity index (χ4v) is 8.85. The smallest absolute Gasteiger partial charge is 0.101 e. The van der Waals surface area contributed by atoms with Gasteiger partial charge in [0.15, 0.2) is 0 Å². The molecule has 3 aromatic heterocycles. The van der Waals surface area contributed by atoms with Gasteiger partial charge in [0.25, 0.3) is 0 Å². The van der Waals surface area contributed by atoms with Crippen LogP contribution in [0.2, 0.25) is 0 Å². The van der Waals surface area contributed by atoms with Gasteiger partial charge in [0.2, 0.25) is 0 Å². The average molecular weight is 615 g/mol. The Morgan fingerprint density at radius 3 is 1.83 bits per heavy atom. The Morgan fingerprint density at radius 1 is 0.468 bits per heavy atom. The van der Waals surface area contributed by atoms with Crippen molar-refractivity contribution in [2.24, 2.45) is 0 Å². The van der Waals surface area contributed by atoms with Gasteiger partial charge in [-0.3, -0.25) is 0 Å². The summed E-state index contributed by atoms with van der Waals surface area (Å²) >= 11 is 1.77. The second-order valence-electron chi connectivity index (χ2n) is 11.9. The highest BCUT2D eigenvalue weighted by Crippen LogP contribution is 2.44. The van der Waals surface area contributed by atoms with Gasteiger partial charge in [-0.2, -0.15) is 10.5 Å². The van der Waals surface area contributed by atoms with E-state index in [1.807, 2.05) is 24.3 Å². The number of nitriles is 2. The summed E-state index contributed by atoms with van der Waals surface area (Å²) in [4.78, 5) is 0. The van der Waals surface area contributed by atoms with Crippen molar-refractivity contribution in [1.82, 2.24) is 9.13 Å². The molecule has 0 unspecified atom stereocenters. The number of rotatable bonds is 2. The lowest BCUT2D eigenvalue weighted by Gasteiger charge is -2.16. The number of aromatic nitrogens is 2. The van der Waals surface area contributed by atoms with E-state index < -0.39 is 0 Å². The second kappa shape index (κ2) is 9.55. The van der Waals surface area contributed by atoms with Gasteiger partial charge in [0.05, 0.1) is 49.3 Å². The Labute approximate surface area is 272 Å². The van der Waals surface area contributed by atoms with Crippen LogP contribution in [0.4, 0.5) is 0 Å². The number of hydrogen-bond donors (Lipinski definition) is 0. The molecule has 216 valence electrons. The van der Waals surface area contributed by atoms with Gasteiger partial charge in [-0.05, 0) is 47.2 Å². The standard InChI is InChI=1S/C42H22N4S/c43-23-26-22-38(46-34-14-6-3-11-29(34)31-18-19-32-30-12-5-8-16-39(30)47-42(32)41(31)46)27(24-44)21-37(26)45-35-15-7-4-13-33(35)40-28-10-2-1-9-25(28)17-20-36(40)45/h1-22H. The van der Waals surface area contributed by atoms with Crippen molar-refractivity contribution in [1.29, 1.82) is 10.5 Å². The Hall–Kier alpha value is -6.40.